The molecule has 100 valence electrons. The topological polar surface area (TPSA) is 84.3 Å². The van der Waals surface area contributed by atoms with Crippen LogP contribution in [-0.4, -0.2) is 23.9 Å². The normalized spacial score (nSPS) is 9.74. The van der Waals surface area contributed by atoms with Gasteiger partial charge in [-0.25, -0.2) is 4.39 Å². The number of hydrogen-bond donors (Lipinski definition) is 2. The first-order valence-corrected chi connectivity index (χ1v) is 5.03. The fourth-order valence-corrected chi connectivity index (χ4v) is 1.22. The summed E-state index contributed by atoms with van der Waals surface area (Å²) in [5.74, 6) is -0.849. The summed E-state index contributed by atoms with van der Waals surface area (Å²) in [5.41, 5.74) is -1.39. The molecule has 1 aromatic rings. The van der Waals surface area contributed by atoms with E-state index in [2.05, 4.69) is 16.6 Å². The number of carbonyl (C=O) groups is 1. The van der Waals surface area contributed by atoms with Crippen molar-refractivity contribution in [3.8, 4) is 12.3 Å². The molecular weight excluding hydrogens is 260 g/mol. The van der Waals surface area contributed by atoms with Crippen molar-refractivity contribution in [1.82, 2.24) is 5.32 Å². The van der Waals surface area contributed by atoms with Crippen molar-refractivity contribution in [2.75, 3.05) is 18.4 Å². The lowest BCUT2D eigenvalue weighted by Crippen LogP contribution is -2.28. The van der Waals surface area contributed by atoms with Crippen LogP contribution in [-0.2, 0) is 4.79 Å². The van der Waals surface area contributed by atoms with Gasteiger partial charge >= 0.3 is 5.69 Å². The van der Waals surface area contributed by atoms with Gasteiger partial charge in [0.05, 0.1) is 23.7 Å². The van der Waals surface area contributed by atoms with Gasteiger partial charge in [-0.15, -0.1) is 6.42 Å². The third-order valence-corrected chi connectivity index (χ3v) is 2.02. The highest BCUT2D eigenvalue weighted by atomic mass is 19.1. The Kier molecular flexibility index (Phi) is 4.91. The molecule has 1 rings (SSSR count). The molecule has 8 heteroatoms. The highest BCUT2D eigenvalue weighted by Crippen LogP contribution is 2.24. The van der Waals surface area contributed by atoms with Crippen LogP contribution in [0.3, 0.4) is 0 Å². The lowest BCUT2D eigenvalue weighted by molar-refractivity contribution is -0.387. The van der Waals surface area contributed by atoms with Gasteiger partial charge in [-0.2, -0.15) is 4.39 Å². The third-order valence-electron chi connectivity index (χ3n) is 2.02. The molecule has 0 heterocycles. The van der Waals surface area contributed by atoms with Crippen molar-refractivity contribution in [2.45, 2.75) is 0 Å². The first kappa shape index (κ1) is 14.5. The lowest BCUT2D eigenvalue weighted by Gasteiger charge is -2.06. The number of nitrogens with one attached hydrogen (secondary N) is 2. The number of carbonyl (C=O) groups excluding carboxylic acids is 1. The molecule has 6 nitrogen and oxygen atoms in total. The van der Waals surface area contributed by atoms with Gasteiger partial charge in [-0.3, -0.25) is 20.2 Å². The molecule has 0 spiro atoms. The molecule has 0 radical (unpaired) electrons. The molecule has 0 atom stereocenters. The summed E-state index contributed by atoms with van der Waals surface area (Å²) < 4.78 is 26.4. The zero-order chi connectivity index (χ0) is 14.4. The van der Waals surface area contributed by atoms with Gasteiger partial charge in [-0.05, 0) is 0 Å². The third kappa shape index (κ3) is 4.01. The number of anilines is 1. The molecule has 0 aromatic heterocycles. The Hall–Kier alpha value is -2.53. The maximum atomic E-state index is 13.3. The van der Waals surface area contributed by atoms with Crippen molar-refractivity contribution in [1.29, 1.82) is 0 Å². The number of terminal acetylenes is 1. The van der Waals surface area contributed by atoms with Crippen LogP contribution in [0.2, 0.25) is 0 Å². The zero-order valence-corrected chi connectivity index (χ0v) is 9.57. The molecule has 1 amide bonds. The summed E-state index contributed by atoms with van der Waals surface area (Å²) in [6.45, 7) is -0.0612. The Morgan fingerprint density at radius 3 is 2.68 bits per heavy atom. The van der Waals surface area contributed by atoms with Gasteiger partial charge in [0, 0.05) is 12.1 Å². The molecular formula is C11H9F2N3O3. The van der Waals surface area contributed by atoms with Gasteiger partial charge < -0.3 is 5.32 Å². The summed E-state index contributed by atoms with van der Waals surface area (Å²) in [6.07, 6.45) is 4.94. The van der Waals surface area contributed by atoms with Crippen molar-refractivity contribution in [3.05, 3.63) is 33.9 Å². The highest BCUT2D eigenvalue weighted by Gasteiger charge is 2.19. The molecule has 0 aliphatic heterocycles. The van der Waals surface area contributed by atoms with Gasteiger partial charge in [-0.1, -0.05) is 5.92 Å². The second-order valence-corrected chi connectivity index (χ2v) is 3.40. The first-order valence-electron chi connectivity index (χ1n) is 5.03. The fraction of sp³-hybridized carbons (Fsp3) is 0.182. The number of nitrogens with zero attached hydrogens (tertiary/aromatic N) is 1. The Balaban J connectivity index is 2.84. The number of nitro benzene ring substituents is 1. The fourth-order valence-electron chi connectivity index (χ4n) is 1.22. The van der Waals surface area contributed by atoms with Crippen LogP contribution in [0.1, 0.15) is 0 Å². The molecule has 0 unspecified atom stereocenters. The monoisotopic (exact) mass is 269 g/mol. The van der Waals surface area contributed by atoms with Crippen molar-refractivity contribution >= 4 is 17.3 Å². The van der Waals surface area contributed by atoms with Crippen molar-refractivity contribution < 1.29 is 18.5 Å². The predicted molar refractivity (Wildman–Crippen MR) is 63.3 cm³/mol. The highest BCUT2D eigenvalue weighted by molar-refractivity contribution is 5.92. The van der Waals surface area contributed by atoms with E-state index < -0.39 is 33.8 Å². The predicted octanol–water partition coefficient (Wildman–Crippen LogP) is 1.03. The van der Waals surface area contributed by atoms with Gasteiger partial charge in [0.25, 0.3) is 0 Å². The quantitative estimate of drug-likeness (QED) is 0.362. The SMILES string of the molecule is C#CCNCC(=O)Nc1cc([N+](=O)[O-])c(F)cc1F. The molecule has 1 aromatic carbocycles. The summed E-state index contributed by atoms with van der Waals surface area (Å²) in [6, 6.07) is 0.951. The van der Waals surface area contributed by atoms with Crippen molar-refractivity contribution in [2.24, 2.45) is 0 Å². The number of amides is 1. The van der Waals surface area contributed by atoms with Crippen LogP contribution in [0.15, 0.2) is 12.1 Å². The Morgan fingerprint density at radius 2 is 2.11 bits per heavy atom. The minimum atomic E-state index is -1.31. The molecule has 0 saturated carbocycles. The number of rotatable bonds is 5. The number of hydrogen-bond acceptors (Lipinski definition) is 4. The van der Waals surface area contributed by atoms with Gasteiger partial charge in [0.15, 0.2) is 0 Å². The minimum Gasteiger partial charge on any atom is -0.322 e. The van der Waals surface area contributed by atoms with Crippen LogP contribution in [0.4, 0.5) is 20.2 Å². The van der Waals surface area contributed by atoms with E-state index in [1.165, 1.54) is 0 Å². The van der Waals surface area contributed by atoms with Crippen LogP contribution in [0.5, 0.6) is 0 Å². The average molecular weight is 269 g/mol. The second kappa shape index (κ2) is 6.42. The van der Waals surface area contributed by atoms with E-state index in [4.69, 9.17) is 6.42 Å². The lowest BCUT2D eigenvalue weighted by atomic mass is 10.2. The standard InChI is InChI=1S/C11H9F2N3O3/c1-2-3-14-6-11(17)15-9-5-10(16(18)19)8(13)4-7(9)12/h1,4-5,14H,3,6H2,(H,15,17). The van der Waals surface area contributed by atoms with E-state index in [1.807, 2.05) is 0 Å². The average Bonchev–Trinajstić information content (AvgIpc) is 2.32. The van der Waals surface area contributed by atoms with Gasteiger partial charge in [0.2, 0.25) is 11.7 Å². The molecule has 0 aliphatic carbocycles. The van der Waals surface area contributed by atoms with E-state index in [-0.39, 0.29) is 13.1 Å². The molecule has 0 bridgehead atoms. The van der Waals surface area contributed by atoms with Crippen LogP contribution in [0, 0.1) is 34.1 Å². The number of nitro groups is 1. The van der Waals surface area contributed by atoms with Crippen molar-refractivity contribution in [3.63, 3.8) is 0 Å². The summed E-state index contributed by atoms with van der Waals surface area (Å²) in [4.78, 5) is 20.8. The molecule has 0 saturated heterocycles. The van der Waals surface area contributed by atoms with Crippen LogP contribution in [0.25, 0.3) is 0 Å². The van der Waals surface area contributed by atoms with E-state index in [9.17, 15) is 23.7 Å². The molecule has 2 N–H and O–H groups in total. The second-order valence-electron chi connectivity index (χ2n) is 3.40. The Bertz CT molecular complexity index is 555. The Morgan fingerprint density at radius 1 is 1.42 bits per heavy atom. The summed E-state index contributed by atoms with van der Waals surface area (Å²) in [7, 11) is 0. The Labute approximate surface area is 107 Å². The van der Waals surface area contributed by atoms with E-state index in [1.54, 1.807) is 0 Å². The number of halogens is 2. The largest absolute Gasteiger partial charge is 0.322 e. The smallest absolute Gasteiger partial charge is 0.307 e. The van der Waals surface area contributed by atoms with E-state index >= 15 is 0 Å². The first-order chi connectivity index (χ1) is 8.95. The minimum absolute atomic E-state index is 0.138. The van der Waals surface area contributed by atoms with E-state index in [0.717, 1.165) is 0 Å². The molecule has 0 aliphatic rings. The van der Waals surface area contributed by atoms with Gasteiger partial charge in [0.1, 0.15) is 5.82 Å². The van der Waals surface area contributed by atoms with Crippen LogP contribution < -0.4 is 10.6 Å². The van der Waals surface area contributed by atoms with E-state index in [0.29, 0.717) is 12.1 Å². The van der Waals surface area contributed by atoms with Crippen LogP contribution >= 0.6 is 0 Å². The molecule has 19 heavy (non-hydrogen) atoms. The summed E-state index contributed by atoms with van der Waals surface area (Å²) >= 11 is 0. The summed E-state index contributed by atoms with van der Waals surface area (Å²) in [5, 5.41) is 15.1. The zero-order valence-electron chi connectivity index (χ0n) is 9.57. The maximum absolute atomic E-state index is 13.3. The maximum Gasteiger partial charge on any atom is 0.307 e. The molecule has 0 fully saturated rings. The number of benzene rings is 1.